The van der Waals surface area contributed by atoms with Crippen molar-refractivity contribution in [2.24, 2.45) is 35.3 Å². The number of rotatable bonds is 8. The molecule has 5 fully saturated rings. The highest BCUT2D eigenvalue weighted by atomic mass is 17.2. The molecule has 5 saturated carbocycles. The van der Waals surface area contributed by atoms with Gasteiger partial charge >= 0.3 is 0 Å². The van der Waals surface area contributed by atoms with E-state index in [-0.39, 0.29) is 12.0 Å². The molecule has 4 bridgehead atoms. The van der Waals surface area contributed by atoms with Crippen LogP contribution in [0.25, 0.3) is 0 Å². The summed E-state index contributed by atoms with van der Waals surface area (Å²) in [6.07, 6.45) is 10.4. The molecular formula is C26H38N2O4. The van der Waals surface area contributed by atoms with E-state index in [1.165, 1.54) is 32.1 Å². The van der Waals surface area contributed by atoms with Crippen LogP contribution in [0.15, 0.2) is 30.3 Å². The Hall–Kier alpha value is -1.47. The van der Waals surface area contributed by atoms with Gasteiger partial charge in [-0.2, -0.15) is 0 Å². The van der Waals surface area contributed by atoms with Gasteiger partial charge in [0.25, 0.3) is 0 Å². The lowest BCUT2D eigenvalue weighted by molar-refractivity contribution is -0.485. The van der Waals surface area contributed by atoms with Crippen LogP contribution >= 0.6 is 0 Å². The summed E-state index contributed by atoms with van der Waals surface area (Å²) < 4.78 is 6.04. The lowest BCUT2D eigenvalue weighted by atomic mass is 9.53. The summed E-state index contributed by atoms with van der Waals surface area (Å²) in [5, 5.41) is 3.04. The molecule has 1 atom stereocenters. The van der Waals surface area contributed by atoms with E-state index in [0.29, 0.717) is 24.3 Å². The fraction of sp³-hybridized carbons (Fsp3) is 0.731. The van der Waals surface area contributed by atoms with E-state index in [4.69, 9.17) is 20.2 Å². The first kappa shape index (κ1) is 22.3. The first-order valence-corrected chi connectivity index (χ1v) is 12.5. The van der Waals surface area contributed by atoms with Crippen molar-refractivity contribution in [1.82, 2.24) is 5.32 Å². The normalized spacial score (nSPS) is 39.1. The number of hydrogen-bond acceptors (Lipinski definition) is 5. The van der Waals surface area contributed by atoms with Crippen molar-refractivity contribution in [2.75, 3.05) is 13.7 Å². The third-order valence-electron chi connectivity index (χ3n) is 8.71. The molecule has 0 aliphatic heterocycles. The Balaban J connectivity index is 1.06. The zero-order valence-corrected chi connectivity index (χ0v) is 19.2. The first-order valence-electron chi connectivity index (χ1n) is 12.5. The SMILES string of the molecule is COC1(OO[C@H]2CC[C@@H](CNC(=O)[C@@H](N)c3ccccc3)CC2)C2CC3CC(C2)CC1C3. The molecule has 5 aliphatic rings. The van der Waals surface area contributed by atoms with E-state index in [9.17, 15) is 4.79 Å². The number of ether oxygens (including phenoxy) is 1. The van der Waals surface area contributed by atoms with Crippen LogP contribution in [0.5, 0.6) is 0 Å². The molecule has 0 saturated heterocycles. The molecule has 1 amide bonds. The lowest BCUT2D eigenvalue weighted by Crippen LogP contribution is -2.60. The Morgan fingerprint density at radius 2 is 1.66 bits per heavy atom. The van der Waals surface area contributed by atoms with Crippen molar-refractivity contribution < 1.29 is 19.3 Å². The number of methoxy groups -OCH3 is 1. The Morgan fingerprint density at radius 1 is 1.03 bits per heavy atom. The van der Waals surface area contributed by atoms with Crippen LogP contribution in [0.4, 0.5) is 0 Å². The zero-order chi connectivity index (χ0) is 22.1. The van der Waals surface area contributed by atoms with Gasteiger partial charge in [0.2, 0.25) is 11.7 Å². The van der Waals surface area contributed by atoms with E-state index in [1.807, 2.05) is 30.3 Å². The summed E-state index contributed by atoms with van der Waals surface area (Å²) in [7, 11) is 1.80. The highest BCUT2D eigenvalue weighted by Crippen LogP contribution is 2.60. The average Bonchev–Trinajstić information content (AvgIpc) is 2.83. The van der Waals surface area contributed by atoms with Gasteiger partial charge in [-0.3, -0.25) is 4.79 Å². The van der Waals surface area contributed by atoms with Gasteiger partial charge in [-0.05, 0) is 81.1 Å². The maximum Gasteiger partial charge on any atom is 0.241 e. The third kappa shape index (κ3) is 4.35. The minimum atomic E-state index is -0.615. The quantitative estimate of drug-likeness (QED) is 0.360. The van der Waals surface area contributed by atoms with Gasteiger partial charge in [-0.1, -0.05) is 30.3 Å². The molecule has 6 nitrogen and oxygen atoms in total. The average molecular weight is 443 g/mol. The minimum absolute atomic E-state index is 0.109. The molecular weight excluding hydrogens is 404 g/mol. The number of hydrogen-bond donors (Lipinski definition) is 2. The molecule has 5 aliphatic carbocycles. The second-order valence-electron chi connectivity index (χ2n) is 10.7. The summed E-state index contributed by atoms with van der Waals surface area (Å²) in [5.74, 6) is 2.50. The number of carbonyl (C=O) groups excluding carboxylic acids is 1. The highest BCUT2D eigenvalue weighted by Gasteiger charge is 2.60. The summed E-state index contributed by atoms with van der Waals surface area (Å²) in [4.78, 5) is 24.7. The van der Waals surface area contributed by atoms with Gasteiger partial charge < -0.3 is 15.8 Å². The molecule has 32 heavy (non-hydrogen) atoms. The van der Waals surface area contributed by atoms with Crippen LogP contribution in [0.1, 0.15) is 69.4 Å². The molecule has 176 valence electrons. The monoisotopic (exact) mass is 442 g/mol. The summed E-state index contributed by atoms with van der Waals surface area (Å²) in [5.41, 5.74) is 6.95. The van der Waals surface area contributed by atoms with Crippen molar-refractivity contribution in [1.29, 1.82) is 0 Å². The van der Waals surface area contributed by atoms with Crippen LogP contribution in [0.3, 0.4) is 0 Å². The topological polar surface area (TPSA) is 82.8 Å². The highest BCUT2D eigenvalue weighted by molar-refractivity contribution is 5.82. The Labute approximate surface area is 191 Å². The number of nitrogens with two attached hydrogens (primary N) is 1. The first-order chi connectivity index (χ1) is 15.6. The van der Waals surface area contributed by atoms with Crippen LogP contribution in [-0.2, 0) is 19.3 Å². The van der Waals surface area contributed by atoms with Gasteiger partial charge in [0.05, 0.1) is 6.10 Å². The lowest BCUT2D eigenvalue weighted by Gasteiger charge is -2.58. The van der Waals surface area contributed by atoms with Crippen molar-refractivity contribution in [3.8, 4) is 0 Å². The molecule has 1 aromatic carbocycles. The van der Waals surface area contributed by atoms with Crippen molar-refractivity contribution in [3.63, 3.8) is 0 Å². The molecule has 3 N–H and O–H groups in total. The predicted molar refractivity (Wildman–Crippen MR) is 121 cm³/mol. The second kappa shape index (κ2) is 9.41. The minimum Gasteiger partial charge on any atom is -0.354 e. The van der Waals surface area contributed by atoms with Gasteiger partial charge in [-0.15, -0.1) is 0 Å². The maximum absolute atomic E-state index is 12.4. The van der Waals surface area contributed by atoms with E-state index >= 15 is 0 Å². The van der Waals surface area contributed by atoms with Gasteiger partial charge in [0, 0.05) is 25.5 Å². The third-order valence-corrected chi connectivity index (χ3v) is 8.71. The van der Waals surface area contributed by atoms with Crippen LogP contribution in [0, 0.1) is 29.6 Å². The van der Waals surface area contributed by atoms with E-state index < -0.39 is 11.8 Å². The fourth-order valence-electron chi connectivity index (χ4n) is 7.09. The van der Waals surface area contributed by atoms with Crippen molar-refractivity contribution >= 4 is 5.91 Å². The van der Waals surface area contributed by atoms with Crippen LogP contribution < -0.4 is 11.1 Å². The Bertz CT molecular complexity index is 749. The molecule has 6 heteroatoms. The Kier molecular flexibility index (Phi) is 6.57. The molecule has 0 aromatic heterocycles. The van der Waals surface area contributed by atoms with E-state index in [0.717, 1.165) is 43.1 Å². The van der Waals surface area contributed by atoms with Crippen LogP contribution in [-0.4, -0.2) is 31.5 Å². The summed E-state index contributed by atoms with van der Waals surface area (Å²) in [6.45, 7) is 0.669. The smallest absolute Gasteiger partial charge is 0.241 e. The molecule has 0 radical (unpaired) electrons. The fourth-order valence-corrected chi connectivity index (χ4v) is 7.09. The zero-order valence-electron chi connectivity index (χ0n) is 19.2. The van der Waals surface area contributed by atoms with Crippen molar-refractivity contribution in [2.45, 2.75) is 75.7 Å². The van der Waals surface area contributed by atoms with E-state index in [1.54, 1.807) is 7.11 Å². The molecule has 6 rings (SSSR count). The second-order valence-corrected chi connectivity index (χ2v) is 10.7. The summed E-state index contributed by atoms with van der Waals surface area (Å²) >= 11 is 0. The summed E-state index contributed by atoms with van der Waals surface area (Å²) in [6, 6.07) is 8.91. The number of nitrogens with one attached hydrogen (secondary N) is 1. The molecule has 1 aromatic rings. The van der Waals surface area contributed by atoms with E-state index in [2.05, 4.69) is 5.32 Å². The van der Waals surface area contributed by atoms with Crippen LogP contribution in [0.2, 0.25) is 0 Å². The standard InChI is InChI=1S/C26H38N2O4/c1-30-26(21-12-18-11-19(14-21)15-22(26)13-18)32-31-23-9-7-17(8-10-23)16-28-25(29)24(27)20-5-3-2-4-6-20/h2-6,17-19,21-24H,7-16,27H2,1H3,(H,28,29)/t17-,18?,19?,21?,22?,23+,24-,26?/m0/s1. The van der Waals surface area contributed by atoms with Gasteiger partial charge in [0.1, 0.15) is 6.04 Å². The maximum atomic E-state index is 12.4. The molecule has 0 spiro atoms. The van der Waals surface area contributed by atoms with Gasteiger partial charge in [0.15, 0.2) is 0 Å². The number of carbonyl (C=O) groups is 1. The Morgan fingerprint density at radius 3 is 2.25 bits per heavy atom. The largest absolute Gasteiger partial charge is 0.354 e. The molecule has 0 heterocycles. The van der Waals surface area contributed by atoms with Gasteiger partial charge in [-0.25, -0.2) is 9.78 Å². The van der Waals surface area contributed by atoms with Crippen molar-refractivity contribution in [3.05, 3.63) is 35.9 Å². The number of amides is 1. The predicted octanol–water partition coefficient (Wildman–Crippen LogP) is 4.11. The molecule has 0 unspecified atom stereocenters. The number of benzene rings is 1.